The van der Waals surface area contributed by atoms with Crippen molar-refractivity contribution >= 4 is 29.4 Å². The third-order valence-electron chi connectivity index (χ3n) is 7.35. The molecule has 1 aliphatic heterocycles. The molecule has 0 aliphatic carbocycles. The van der Waals surface area contributed by atoms with Crippen LogP contribution in [-0.4, -0.2) is 40.5 Å². The van der Waals surface area contributed by atoms with E-state index in [1.54, 1.807) is 54.2 Å². The number of ether oxygens (including phenoxy) is 3. The Morgan fingerprint density at radius 1 is 1.00 bits per heavy atom. The van der Waals surface area contributed by atoms with E-state index in [2.05, 4.69) is 4.99 Å². The molecule has 3 aromatic carbocycles. The first-order valence-corrected chi connectivity index (χ1v) is 14.9. The van der Waals surface area contributed by atoms with E-state index < -0.39 is 23.5 Å². The molecule has 0 fully saturated rings. The van der Waals surface area contributed by atoms with E-state index in [9.17, 15) is 18.8 Å². The van der Waals surface area contributed by atoms with Gasteiger partial charge in [-0.25, -0.2) is 18.9 Å². The van der Waals surface area contributed by atoms with Crippen LogP contribution in [0.15, 0.2) is 100 Å². The average Bonchev–Trinajstić information content (AvgIpc) is 3.61. The number of fused-ring (bicyclic) bond motifs is 1. The summed E-state index contributed by atoms with van der Waals surface area (Å²) in [5.74, 6) is -1.12. The molecular formula is C34H27FN4O6S. The number of allylic oxidation sites excluding steroid dienone is 1. The van der Waals surface area contributed by atoms with E-state index in [0.717, 1.165) is 17.0 Å². The first-order valence-electron chi connectivity index (χ1n) is 14.1. The molecule has 1 unspecified atom stereocenters. The van der Waals surface area contributed by atoms with Gasteiger partial charge in [-0.3, -0.25) is 14.2 Å². The number of benzene rings is 3. The Morgan fingerprint density at radius 3 is 2.41 bits per heavy atom. The summed E-state index contributed by atoms with van der Waals surface area (Å²) in [6, 6.07) is 19.3. The predicted octanol–water partition coefficient (Wildman–Crippen LogP) is 4.33. The average molecular weight is 639 g/mol. The second-order valence-corrected chi connectivity index (χ2v) is 11.3. The van der Waals surface area contributed by atoms with Crippen molar-refractivity contribution in [3.05, 3.63) is 127 Å². The summed E-state index contributed by atoms with van der Waals surface area (Å²) in [5, 5.41) is 4.77. The number of esters is 2. The van der Waals surface area contributed by atoms with Crippen LogP contribution in [-0.2, 0) is 14.3 Å². The minimum atomic E-state index is -0.922. The Labute approximate surface area is 265 Å². The molecule has 0 amide bonds. The molecule has 232 valence electrons. The van der Waals surface area contributed by atoms with Crippen LogP contribution in [0.3, 0.4) is 0 Å². The van der Waals surface area contributed by atoms with Gasteiger partial charge >= 0.3 is 11.9 Å². The lowest BCUT2D eigenvalue weighted by Crippen LogP contribution is -2.39. The highest BCUT2D eigenvalue weighted by Gasteiger charge is 2.34. The third-order valence-corrected chi connectivity index (χ3v) is 8.33. The molecule has 5 aromatic rings. The molecule has 3 heterocycles. The SMILES string of the molecule is COC(=O)C1=C(C)N=c2sc(=Cc3cn(-c4ccccc4)nc3-c3ccc(F)cc3)c(=O)n2C1c1ccc(OC(C)=O)c(OC)c1. The number of thiazole rings is 1. The molecule has 0 N–H and O–H groups in total. The highest BCUT2D eigenvalue weighted by molar-refractivity contribution is 7.07. The minimum Gasteiger partial charge on any atom is -0.493 e. The smallest absolute Gasteiger partial charge is 0.338 e. The van der Waals surface area contributed by atoms with Crippen molar-refractivity contribution in [2.24, 2.45) is 4.99 Å². The third kappa shape index (κ3) is 5.66. The molecule has 0 spiro atoms. The van der Waals surface area contributed by atoms with Crippen LogP contribution < -0.4 is 24.4 Å². The molecule has 12 heteroatoms. The Morgan fingerprint density at radius 2 is 1.74 bits per heavy atom. The number of rotatable bonds is 7. The normalized spacial score (nSPS) is 14.5. The molecular weight excluding hydrogens is 611 g/mol. The first kappa shape index (κ1) is 30.4. The fraction of sp³-hybridized carbons (Fsp3) is 0.147. The molecule has 0 radical (unpaired) electrons. The van der Waals surface area contributed by atoms with Crippen LogP contribution in [0.4, 0.5) is 4.39 Å². The maximum absolute atomic E-state index is 14.2. The lowest BCUT2D eigenvalue weighted by Gasteiger charge is -2.25. The van der Waals surface area contributed by atoms with E-state index in [4.69, 9.17) is 19.3 Å². The number of carbonyl (C=O) groups excluding carboxylic acids is 2. The standard InChI is InChI=1S/C34H27FN4O6S/c1-19-29(33(42)44-4)31(22-12-15-26(45-20(2)40)27(16-22)43-3)39-32(41)28(46-34(39)36-19)17-23-18-38(25-8-6-5-7-9-25)37-30(23)21-10-13-24(35)14-11-21/h5-18,31H,1-4H3. The molecule has 10 nitrogen and oxygen atoms in total. The first-order chi connectivity index (χ1) is 22.2. The second-order valence-electron chi connectivity index (χ2n) is 10.3. The van der Waals surface area contributed by atoms with Crippen molar-refractivity contribution in [2.45, 2.75) is 19.9 Å². The number of para-hydroxylation sites is 1. The number of hydrogen-bond donors (Lipinski definition) is 0. The van der Waals surface area contributed by atoms with Crippen molar-refractivity contribution in [2.75, 3.05) is 14.2 Å². The summed E-state index contributed by atoms with van der Waals surface area (Å²) in [6.07, 6.45) is 3.51. The van der Waals surface area contributed by atoms with Gasteiger partial charge in [-0.1, -0.05) is 35.6 Å². The van der Waals surface area contributed by atoms with Crippen molar-refractivity contribution in [3.8, 4) is 28.4 Å². The number of aromatic nitrogens is 3. The molecule has 0 saturated carbocycles. The van der Waals surface area contributed by atoms with Crippen molar-refractivity contribution in [3.63, 3.8) is 0 Å². The zero-order valence-electron chi connectivity index (χ0n) is 25.2. The quantitative estimate of drug-likeness (QED) is 0.193. The van der Waals surface area contributed by atoms with Gasteiger partial charge in [0.15, 0.2) is 16.3 Å². The summed E-state index contributed by atoms with van der Waals surface area (Å²) in [7, 11) is 2.69. The van der Waals surface area contributed by atoms with Crippen LogP contribution in [0, 0.1) is 5.82 Å². The van der Waals surface area contributed by atoms with E-state index in [1.807, 2.05) is 30.3 Å². The Balaban J connectivity index is 1.56. The van der Waals surface area contributed by atoms with Crippen LogP contribution in [0.5, 0.6) is 11.5 Å². The Hall–Kier alpha value is -5.62. The highest BCUT2D eigenvalue weighted by atomic mass is 32.1. The highest BCUT2D eigenvalue weighted by Crippen LogP contribution is 2.36. The maximum atomic E-state index is 14.2. The van der Waals surface area contributed by atoms with Crippen molar-refractivity contribution < 1.29 is 28.2 Å². The molecule has 1 aliphatic rings. The van der Waals surface area contributed by atoms with Gasteiger partial charge < -0.3 is 14.2 Å². The molecule has 0 saturated heterocycles. The molecule has 2 aromatic heterocycles. The predicted molar refractivity (Wildman–Crippen MR) is 169 cm³/mol. The van der Waals surface area contributed by atoms with Crippen LogP contribution in [0.25, 0.3) is 23.0 Å². The van der Waals surface area contributed by atoms with Crippen molar-refractivity contribution in [1.82, 2.24) is 14.3 Å². The van der Waals surface area contributed by atoms with E-state index in [-0.39, 0.29) is 22.9 Å². The Kier molecular flexibility index (Phi) is 8.20. The second kappa shape index (κ2) is 12.4. The summed E-state index contributed by atoms with van der Waals surface area (Å²) in [4.78, 5) is 44.0. The number of nitrogens with zero attached hydrogens (tertiary/aromatic N) is 4. The number of halogens is 1. The summed E-state index contributed by atoms with van der Waals surface area (Å²) >= 11 is 1.16. The number of carbonyl (C=O) groups is 2. The van der Waals surface area contributed by atoms with Gasteiger partial charge in [-0.05, 0) is 67.1 Å². The van der Waals surface area contributed by atoms with Crippen LogP contribution in [0.2, 0.25) is 0 Å². The molecule has 0 bridgehead atoms. The fourth-order valence-corrected chi connectivity index (χ4v) is 6.32. The van der Waals surface area contributed by atoms with Gasteiger partial charge in [-0.2, -0.15) is 5.10 Å². The van der Waals surface area contributed by atoms with Crippen LogP contribution >= 0.6 is 11.3 Å². The molecule has 46 heavy (non-hydrogen) atoms. The van der Waals surface area contributed by atoms with E-state index in [0.29, 0.717) is 37.4 Å². The molecule has 1 atom stereocenters. The monoisotopic (exact) mass is 638 g/mol. The zero-order chi connectivity index (χ0) is 32.5. The summed E-state index contributed by atoms with van der Waals surface area (Å²) in [6.45, 7) is 2.95. The van der Waals surface area contributed by atoms with Gasteiger partial charge in [-0.15, -0.1) is 0 Å². The van der Waals surface area contributed by atoms with E-state index in [1.165, 1.54) is 37.8 Å². The topological polar surface area (TPSA) is 114 Å². The van der Waals surface area contributed by atoms with Gasteiger partial charge in [0.1, 0.15) is 11.5 Å². The van der Waals surface area contributed by atoms with Gasteiger partial charge in [0.05, 0.1) is 41.8 Å². The summed E-state index contributed by atoms with van der Waals surface area (Å²) in [5.41, 5.74) is 3.30. The van der Waals surface area contributed by atoms with E-state index >= 15 is 0 Å². The Bertz CT molecular complexity index is 2200. The van der Waals surface area contributed by atoms with Gasteiger partial charge in [0.25, 0.3) is 5.56 Å². The van der Waals surface area contributed by atoms with Gasteiger partial charge in [0.2, 0.25) is 0 Å². The summed E-state index contributed by atoms with van der Waals surface area (Å²) < 4.78 is 33.1. The van der Waals surface area contributed by atoms with Crippen molar-refractivity contribution in [1.29, 1.82) is 0 Å². The van der Waals surface area contributed by atoms with Gasteiger partial charge in [0, 0.05) is 24.2 Å². The van der Waals surface area contributed by atoms with Crippen LogP contribution in [0.1, 0.15) is 31.0 Å². The largest absolute Gasteiger partial charge is 0.493 e. The minimum absolute atomic E-state index is 0.174. The maximum Gasteiger partial charge on any atom is 0.338 e. The lowest BCUT2D eigenvalue weighted by atomic mass is 9.95. The lowest BCUT2D eigenvalue weighted by molar-refractivity contribution is -0.136. The number of hydrogen-bond acceptors (Lipinski definition) is 9. The number of methoxy groups -OCH3 is 2. The molecule has 6 rings (SSSR count). The fourth-order valence-electron chi connectivity index (χ4n) is 5.28. The zero-order valence-corrected chi connectivity index (χ0v) is 26.0.